The minimum atomic E-state index is -1.12. The molecule has 0 aliphatic carbocycles. The highest BCUT2D eigenvalue weighted by molar-refractivity contribution is 6.17. The predicted molar refractivity (Wildman–Crippen MR) is 43.1 cm³/mol. The number of ether oxygens (including phenoxy) is 1. The van der Waals surface area contributed by atoms with Crippen molar-refractivity contribution in [1.82, 2.24) is 0 Å². The van der Waals surface area contributed by atoms with E-state index < -0.39 is 24.4 Å². The zero-order chi connectivity index (χ0) is 9.14. The molecule has 1 heterocycles. The van der Waals surface area contributed by atoms with Gasteiger partial charge >= 0.3 is 0 Å². The molecule has 0 spiro atoms. The molecule has 1 rings (SSSR count). The van der Waals surface area contributed by atoms with Crippen LogP contribution in [0.5, 0.6) is 0 Å². The zero-order valence-corrected chi connectivity index (χ0v) is 7.31. The number of hydrogen-bond donors (Lipinski definition) is 3. The van der Waals surface area contributed by atoms with Crippen LogP contribution in [-0.4, -0.2) is 52.2 Å². The van der Waals surface area contributed by atoms with Crippen LogP contribution in [0.25, 0.3) is 0 Å². The van der Waals surface area contributed by atoms with Crippen LogP contribution in [-0.2, 0) is 4.74 Å². The van der Waals surface area contributed by atoms with Gasteiger partial charge in [0.25, 0.3) is 0 Å². The lowest BCUT2D eigenvalue weighted by Gasteiger charge is -2.34. The van der Waals surface area contributed by atoms with Crippen molar-refractivity contribution in [2.45, 2.75) is 30.8 Å². The van der Waals surface area contributed by atoms with Crippen molar-refractivity contribution in [3.05, 3.63) is 0 Å². The molecule has 3 N–H and O–H groups in total. The monoisotopic (exact) mass is 196 g/mol. The summed E-state index contributed by atoms with van der Waals surface area (Å²) in [7, 11) is 0. The number of rotatable bonds is 2. The first-order valence-electron chi connectivity index (χ1n) is 3.88. The maximum Gasteiger partial charge on any atom is 0.111 e. The van der Waals surface area contributed by atoms with Gasteiger partial charge in [0.1, 0.15) is 18.3 Å². The van der Waals surface area contributed by atoms with E-state index in [1.165, 1.54) is 0 Å². The van der Waals surface area contributed by atoms with Gasteiger partial charge in [0.15, 0.2) is 0 Å². The Bertz CT molecular complexity index is 143. The van der Waals surface area contributed by atoms with Gasteiger partial charge in [-0.15, -0.1) is 11.6 Å². The zero-order valence-electron chi connectivity index (χ0n) is 6.56. The van der Waals surface area contributed by atoms with E-state index >= 15 is 0 Å². The lowest BCUT2D eigenvalue weighted by Crippen LogP contribution is -2.52. The van der Waals surface area contributed by atoms with E-state index in [0.29, 0.717) is 12.3 Å². The predicted octanol–water partition coefficient (Wildman–Crippen LogP) is -0.903. The molecule has 0 amide bonds. The van der Waals surface area contributed by atoms with Gasteiger partial charge in [-0.05, 0) is 6.42 Å². The molecule has 0 aromatic carbocycles. The first-order chi connectivity index (χ1) is 5.66. The second kappa shape index (κ2) is 4.39. The van der Waals surface area contributed by atoms with E-state index in [9.17, 15) is 10.2 Å². The Balaban J connectivity index is 2.46. The summed E-state index contributed by atoms with van der Waals surface area (Å²) in [5.74, 6) is 0.366. The molecule has 1 fully saturated rings. The van der Waals surface area contributed by atoms with Crippen molar-refractivity contribution in [1.29, 1.82) is 0 Å². The lowest BCUT2D eigenvalue weighted by atomic mass is 9.99. The molecule has 1 aliphatic heterocycles. The van der Waals surface area contributed by atoms with E-state index in [2.05, 4.69) is 0 Å². The van der Waals surface area contributed by atoms with Gasteiger partial charge in [-0.3, -0.25) is 0 Å². The van der Waals surface area contributed by atoms with Crippen molar-refractivity contribution < 1.29 is 20.1 Å². The number of aliphatic hydroxyl groups is 3. The van der Waals surface area contributed by atoms with Gasteiger partial charge in [-0.2, -0.15) is 0 Å². The Labute approximate surface area is 75.7 Å². The Kier molecular flexibility index (Phi) is 3.74. The molecule has 0 bridgehead atoms. The van der Waals surface area contributed by atoms with Crippen molar-refractivity contribution >= 4 is 11.6 Å². The number of alkyl halides is 1. The van der Waals surface area contributed by atoms with Crippen molar-refractivity contribution in [2.75, 3.05) is 12.5 Å². The Morgan fingerprint density at radius 1 is 1.25 bits per heavy atom. The van der Waals surface area contributed by atoms with Crippen LogP contribution in [0.3, 0.4) is 0 Å². The summed E-state index contributed by atoms with van der Waals surface area (Å²) in [5, 5.41) is 27.6. The van der Waals surface area contributed by atoms with Crippen LogP contribution in [0, 0.1) is 0 Å². The van der Waals surface area contributed by atoms with Crippen LogP contribution in [0.15, 0.2) is 0 Å². The summed E-state index contributed by atoms with van der Waals surface area (Å²) in [6.45, 7) is 0.0553. The SMILES string of the molecule is OC1[C@H](O)CO[C@@H](CCCl)[C@@H]1O. The topological polar surface area (TPSA) is 69.9 Å². The molecule has 4 atom stereocenters. The van der Waals surface area contributed by atoms with Gasteiger partial charge in [0.05, 0.1) is 12.7 Å². The maximum absolute atomic E-state index is 9.35. The molecule has 0 radical (unpaired) electrons. The van der Waals surface area contributed by atoms with Crippen LogP contribution < -0.4 is 0 Å². The third-order valence-corrected chi connectivity index (χ3v) is 2.22. The molecule has 1 aliphatic rings. The lowest BCUT2D eigenvalue weighted by molar-refractivity contribution is -0.186. The Morgan fingerprint density at radius 3 is 2.50 bits per heavy atom. The molecular weight excluding hydrogens is 184 g/mol. The fraction of sp³-hybridized carbons (Fsp3) is 1.00. The number of halogens is 1. The van der Waals surface area contributed by atoms with E-state index in [1.54, 1.807) is 0 Å². The third kappa shape index (κ3) is 2.08. The molecule has 1 unspecified atom stereocenters. The van der Waals surface area contributed by atoms with Gasteiger partial charge in [-0.25, -0.2) is 0 Å². The van der Waals surface area contributed by atoms with Crippen molar-refractivity contribution in [3.8, 4) is 0 Å². The summed E-state index contributed by atoms with van der Waals surface area (Å²) in [4.78, 5) is 0. The highest BCUT2D eigenvalue weighted by Crippen LogP contribution is 2.18. The normalized spacial score (nSPS) is 43.0. The van der Waals surface area contributed by atoms with Crippen LogP contribution in [0.2, 0.25) is 0 Å². The molecule has 12 heavy (non-hydrogen) atoms. The van der Waals surface area contributed by atoms with Gasteiger partial charge in [-0.1, -0.05) is 0 Å². The number of hydrogen-bond acceptors (Lipinski definition) is 4. The standard InChI is InChI=1S/C7H13ClO4/c8-2-1-5-7(11)6(10)4(9)3-12-5/h4-7,9-11H,1-3H2/t4-,5+,6?,7+/m1/s1. The fourth-order valence-electron chi connectivity index (χ4n) is 1.23. The number of aliphatic hydroxyl groups excluding tert-OH is 3. The molecule has 1 saturated heterocycles. The largest absolute Gasteiger partial charge is 0.388 e. The van der Waals surface area contributed by atoms with Gasteiger partial charge < -0.3 is 20.1 Å². The minimum Gasteiger partial charge on any atom is -0.388 e. The second-order valence-electron chi connectivity index (χ2n) is 2.90. The van der Waals surface area contributed by atoms with Gasteiger partial charge in [0.2, 0.25) is 0 Å². The third-order valence-electron chi connectivity index (χ3n) is 2.00. The molecular formula is C7H13ClO4. The average molecular weight is 197 g/mol. The summed E-state index contributed by atoms with van der Waals surface area (Å²) in [6.07, 6.45) is -3.13. The highest BCUT2D eigenvalue weighted by atomic mass is 35.5. The van der Waals surface area contributed by atoms with Crippen molar-refractivity contribution in [2.24, 2.45) is 0 Å². The van der Waals surface area contributed by atoms with E-state index in [4.69, 9.17) is 21.4 Å². The van der Waals surface area contributed by atoms with E-state index in [-0.39, 0.29) is 6.61 Å². The first kappa shape index (κ1) is 10.2. The molecule has 4 nitrogen and oxygen atoms in total. The molecule has 5 heteroatoms. The smallest absolute Gasteiger partial charge is 0.111 e. The maximum atomic E-state index is 9.35. The summed E-state index contributed by atoms with van der Waals surface area (Å²) < 4.78 is 5.07. The Hall–Kier alpha value is 0.130. The molecule has 0 saturated carbocycles. The van der Waals surface area contributed by atoms with Crippen molar-refractivity contribution in [3.63, 3.8) is 0 Å². The minimum absolute atomic E-state index is 0.0553. The summed E-state index contributed by atoms with van der Waals surface area (Å²) in [6, 6.07) is 0. The van der Waals surface area contributed by atoms with E-state index in [0.717, 1.165) is 0 Å². The first-order valence-corrected chi connectivity index (χ1v) is 4.42. The molecule has 0 aromatic rings. The van der Waals surface area contributed by atoms with Crippen LogP contribution in [0.1, 0.15) is 6.42 Å². The highest BCUT2D eigenvalue weighted by Gasteiger charge is 2.36. The molecule has 72 valence electrons. The fourth-order valence-corrected chi connectivity index (χ4v) is 1.44. The van der Waals surface area contributed by atoms with Crippen LogP contribution in [0.4, 0.5) is 0 Å². The van der Waals surface area contributed by atoms with Crippen LogP contribution >= 0.6 is 11.6 Å². The quantitative estimate of drug-likeness (QED) is 0.501. The van der Waals surface area contributed by atoms with E-state index in [1.807, 2.05) is 0 Å². The molecule has 0 aromatic heterocycles. The summed E-state index contributed by atoms with van der Waals surface area (Å²) in [5.41, 5.74) is 0. The van der Waals surface area contributed by atoms with Gasteiger partial charge in [0, 0.05) is 5.88 Å². The summed E-state index contributed by atoms with van der Waals surface area (Å²) >= 11 is 5.45. The Morgan fingerprint density at radius 2 is 1.92 bits per heavy atom. The second-order valence-corrected chi connectivity index (χ2v) is 3.28. The average Bonchev–Trinajstić information content (AvgIpc) is 2.07.